The first-order valence-corrected chi connectivity index (χ1v) is 8.18. The zero-order valence-corrected chi connectivity index (χ0v) is 13.2. The molecule has 0 saturated heterocycles. The Morgan fingerprint density at radius 3 is 2.81 bits per heavy atom. The molecule has 0 amide bonds. The van der Waals surface area contributed by atoms with E-state index >= 15 is 0 Å². The lowest BCUT2D eigenvalue weighted by atomic mass is 10.2. The van der Waals surface area contributed by atoms with Gasteiger partial charge in [-0.3, -0.25) is 0 Å². The molecule has 0 atom stereocenters. The number of aryl methyl sites for hydroxylation is 2. The van der Waals surface area contributed by atoms with E-state index in [-0.39, 0.29) is 0 Å². The summed E-state index contributed by atoms with van der Waals surface area (Å²) in [4.78, 5) is 14.2. The van der Waals surface area contributed by atoms with Crippen molar-refractivity contribution in [1.82, 2.24) is 20.3 Å². The van der Waals surface area contributed by atoms with Gasteiger partial charge in [0.15, 0.2) is 0 Å². The van der Waals surface area contributed by atoms with Gasteiger partial charge in [-0.05, 0) is 26.7 Å². The summed E-state index contributed by atoms with van der Waals surface area (Å²) < 4.78 is 5.64. The zero-order chi connectivity index (χ0) is 14.7. The van der Waals surface area contributed by atoms with Crippen LogP contribution in [0.15, 0.2) is 11.7 Å². The first-order valence-electron chi connectivity index (χ1n) is 7.30. The van der Waals surface area contributed by atoms with E-state index in [9.17, 15) is 0 Å². The van der Waals surface area contributed by atoms with Crippen molar-refractivity contribution in [3.8, 4) is 6.01 Å². The largest absolute Gasteiger partial charge is 0.463 e. The standard InChI is InChI=1S/C15H20N4OS/c1-10-12(7-16-13-3-4-13)8-17-15(19-10)20-6-5-14-11(2)18-9-21-14/h8-9,13,16H,3-7H2,1-2H3. The smallest absolute Gasteiger partial charge is 0.316 e. The number of aromatic nitrogens is 3. The van der Waals surface area contributed by atoms with Crippen LogP contribution in [-0.2, 0) is 13.0 Å². The van der Waals surface area contributed by atoms with Gasteiger partial charge in [0, 0.05) is 41.3 Å². The third kappa shape index (κ3) is 3.98. The summed E-state index contributed by atoms with van der Waals surface area (Å²) in [5, 5.41) is 3.47. The monoisotopic (exact) mass is 304 g/mol. The summed E-state index contributed by atoms with van der Waals surface area (Å²) in [7, 11) is 0. The van der Waals surface area contributed by atoms with Gasteiger partial charge in [0.2, 0.25) is 0 Å². The van der Waals surface area contributed by atoms with Crippen LogP contribution in [0.3, 0.4) is 0 Å². The van der Waals surface area contributed by atoms with Crippen LogP contribution in [0.4, 0.5) is 0 Å². The maximum Gasteiger partial charge on any atom is 0.316 e. The number of nitrogens with zero attached hydrogens (tertiary/aromatic N) is 3. The lowest BCUT2D eigenvalue weighted by Crippen LogP contribution is -2.17. The highest BCUT2D eigenvalue weighted by Crippen LogP contribution is 2.20. The molecule has 2 aromatic heterocycles. The van der Waals surface area contributed by atoms with Crippen molar-refractivity contribution in [2.24, 2.45) is 0 Å². The molecule has 1 aliphatic carbocycles. The molecule has 2 aromatic rings. The Bertz CT molecular complexity index is 609. The Morgan fingerprint density at radius 2 is 2.14 bits per heavy atom. The highest BCUT2D eigenvalue weighted by molar-refractivity contribution is 7.09. The van der Waals surface area contributed by atoms with Crippen LogP contribution in [0, 0.1) is 13.8 Å². The summed E-state index contributed by atoms with van der Waals surface area (Å²) in [5.41, 5.74) is 5.09. The summed E-state index contributed by atoms with van der Waals surface area (Å²) in [6.45, 7) is 5.46. The number of nitrogens with one attached hydrogen (secondary N) is 1. The van der Waals surface area contributed by atoms with E-state index < -0.39 is 0 Å². The van der Waals surface area contributed by atoms with Crippen LogP contribution in [-0.4, -0.2) is 27.6 Å². The molecule has 0 unspecified atom stereocenters. The normalized spacial score (nSPS) is 14.4. The molecule has 0 aromatic carbocycles. The van der Waals surface area contributed by atoms with Crippen molar-refractivity contribution < 1.29 is 4.74 Å². The van der Waals surface area contributed by atoms with E-state index in [0.717, 1.165) is 29.9 Å². The average molecular weight is 304 g/mol. The number of thiazole rings is 1. The van der Waals surface area contributed by atoms with Gasteiger partial charge in [-0.1, -0.05) is 0 Å². The van der Waals surface area contributed by atoms with Crippen molar-refractivity contribution in [2.45, 2.75) is 45.7 Å². The number of hydrogen-bond acceptors (Lipinski definition) is 6. The lowest BCUT2D eigenvalue weighted by molar-refractivity contribution is 0.295. The van der Waals surface area contributed by atoms with Crippen LogP contribution in [0.1, 0.15) is 34.7 Å². The molecule has 112 valence electrons. The topological polar surface area (TPSA) is 59.9 Å². The number of ether oxygens (including phenoxy) is 1. The molecule has 0 bridgehead atoms. The molecule has 1 aliphatic rings. The molecule has 0 spiro atoms. The fourth-order valence-corrected chi connectivity index (χ4v) is 2.82. The van der Waals surface area contributed by atoms with Gasteiger partial charge in [0.25, 0.3) is 0 Å². The second-order valence-corrected chi connectivity index (χ2v) is 6.32. The van der Waals surface area contributed by atoms with Crippen molar-refractivity contribution in [3.63, 3.8) is 0 Å². The van der Waals surface area contributed by atoms with Crippen LogP contribution < -0.4 is 10.1 Å². The molecule has 3 rings (SSSR count). The third-order valence-corrected chi connectivity index (χ3v) is 4.62. The molecule has 1 fully saturated rings. The Hall–Kier alpha value is -1.53. The maximum atomic E-state index is 5.64. The van der Waals surface area contributed by atoms with Gasteiger partial charge in [-0.2, -0.15) is 0 Å². The highest BCUT2D eigenvalue weighted by atomic mass is 32.1. The summed E-state index contributed by atoms with van der Waals surface area (Å²) in [5.74, 6) is 0. The van der Waals surface area contributed by atoms with Crippen molar-refractivity contribution in [3.05, 3.63) is 33.5 Å². The van der Waals surface area contributed by atoms with Gasteiger partial charge in [-0.25, -0.2) is 15.0 Å². The fraction of sp³-hybridized carbons (Fsp3) is 0.533. The van der Waals surface area contributed by atoms with Gasteiger partial charge < -0.3 is 10.1 Å². The predicted molar refractivity (Wildman–Crippen MR) is 82.7 cm³/mol. The van der Waals surface area contributed by atoms with Gasteiger partial charge in [-0.15, -0.1) is 11.3 Å². The van der Waals surface area contributed by atoms with E-state index in [4.69, 9.17) is 4.74 Å². The summed E-state index contributed by atoms with van der Waals surface area (Å²) in [6, 6.07) is 1.16. The molecule has 21 heavy (non-hydrogen) atoms. The van der Waals surface area contributed by atoms with Crippen LogP contribution in [0.2, 0.25) is 0 Å². The van der Waals surface area contributed by atoms with Crippen molar-refractivity contribution in [1.29, 1.82) is 0 Å². The molecule has 2 heterocycles. The Labute approximate surface area is 128 Å². The van der Waals surface area contributed by atoms with E-state index in [1.54, 1.807) is 11.3 Å². The molecule has 0 radical (unpaired) electrons. The average Bonchev–Trinajstić information content (AvgIpc) is 3.21. The van der Waals surface area contributed by atoms with Gasteiger partial charge >= 0.3 is 6.01 Å². The SMILES string of the molecule is Cc1nc(OCCc2scnc2C)ncc1CNC1CC1. The van der Waals surface area contributed by atoms with Crippen LogP contribution in [0.25, 0.3) is 0 Å². The van der Waals surface area contributed by atoms with Crippen molar-refractivity contribution in [2.75, 3.05) is 6.61 Å². The maximum absolute atomic E-state index is 5.64. The van der Waals surface area contributed by atoms with Crippen molar-refractivity contribution >= 4 is 11.3 Å². The molecule has 5 nitrogen and oxygen atoms in total. The zero-order valence-electron chi connectivity index (χ0n) is 12.4. The summed E-state index contributed by atoms with van der Waals surface area (Å²) in [6.07, 6.45) is 5.30. The Morgan fingerprint density at radius 1 is 1.29 bits per heavy atom. The van der Waals surface area contributed by atoms with Gasteiger partial charge in [0.05, 0.1) is 17.8 Å². The first kappa shape index (κ1) is 14.4. The second kappa shape index (κ2) is 6.49. The minimum absolute atomic E-state index is 0.463. The minimum Gasteiger partial charge on any atom is -0.463 e. The fourth-order valence-electron chi connectivity index (χ4n) is 2.06. The number of rotatable bonds is 7. The van der Waals surface area contributed by atoms with E-state index in [1.165, 1.54) is 17.7 Å². The quantitative estimate of drug-likeness (QED) is 0.851. The Balaban J connectivity index is 1.51. The van der Waals surface area contributed by atoms with E-state index in [2.05, 4.69) is 20.3 Å². The molecule has 6 heteroatoms. The first-order chi connectivity index (χ1) is 10.2. The highest BCUT2D eigenvalue weighted by Gasteiger charge is 2.20. The lowest BCUT2D eigenvalue weighted by Gasteiger charge is -2.08. The molecule has 1 saturated carbocycles. The van der Waals surface area contributed by atoms with Crippen LogP contribution >= 0.6 is 11.3 Å². The van der Waals surface area contributed by atoms with E-state index in [1.807, 2.05) is 25.6 Å². The van der Waals surface area contributed by atoms with Crippen LogP contribution in [0.5, 0.6) is 6.01 Å². The van der Waals surface area contributed by atoms with E-state index in [0.29, 0.717) is 18.7 Å². The molecule has 1 N–H and O–H groups in total. The molecule has 0 aliphatic heterocycles. The third-order valence-electron chi connectivity index (χ3n) is 3.62. The van der Waals surface area contributed by atoms with Gasteiger partial charge in [0.1, 0.15) is 0 Å². The minimum atomic E-state index is 0.463. The molecular weight excluding hydrogens is 284 g/mol. The Kier molecular flexibility index (Phi) is 4.45. The number of hydrogen-bond donors (Lipinski definition) is 1. The predicted octanol–water partition coefficient (Wildman–Crippen LogP) is 2.42. The summed E-state index contributed by atoms with van der Waals surface area (Å²) >= 11 is 1.67. The molecular formula is C15H20N4OS. The second-order valence-electron chi connectivity index (χ2n) is 5.38.